The van der Waals surface area contributed by atoms with E-state index in [0.29, 0.717) is 0 Å². The van der Waals surface area contributed by atoms with Crippen LogP contribution in [0.2, 0.25) is 0 Å². The van der Waals surface area contributed by atoms with Gasteiger partial charge in [0.2, 0.25) is 10.6 Å². The van der Waals surface area contributed by atoms with Crippen LogP contribution in [-0.4, -0.2) is 11.1 Å². The van der Waals surface area contributed by atoms with Crippen molar-refractivity contribution in [3.8, 4) is 0 Å². The summed E-state index contributed by atoms with van der Waals surface area (Å²) in [5.74, 6) is -1.19. The molecule has 1 aromatic rings. The van der Waals surface area contributed by atoms with Crippen LogP contribution in [0.3, 0.4) is 0 Å². The summed E-state index contributed by atoms with van der Waals surface area (Å²) >= 11 is 1.46. The fourth-order valence-corrected chi connectivity index (χ4v) is 1.67. The number of nitrogens with zero attached hydrogens (tertiary/aromatic N) is 2. The van der Waals surface area contributed by atoms with Crippen molar-refractivity contribution < 1.29 is 9.90 Å². The Morgan fingerprint density at radius 2 is 2.43 bits per heavy atom. The van der Waals surface area contributed by atoms with Crippen molar-refractivity contribution in [2.24, 2.45) is 5.11 Å². The number of aryl methyl sites for hydroxylation is 1. The van der Waals surface area contributed by atoms with E-state index in [1.807, 2.05) is 13.0 Å². The monoisotopic (exact) mass is 210 g/mol. The van der Waals surface area contributed by atoms with Crippen LogP contribution in [0, 0.1) is 12.5 Å². The average molecular weight is 210 g/mol. The Kier molecular flexibility index (Phi) is 3.28. The Hall–Kier alpha value is -1.78. The largest absolute Gasteiger partial charge is 0.476 e. The van der Waals surface area contributed by atoms with Crippen LogP contribution < -0.4 is 4.91 Å². The smallest absolute Gasteiger partial charge is 0.362 e. The molecule has 0 radical (unpaired) electrons. The summed E-state index contributed by atoms with van der Waals surface area (Å²) in [5.41, 5.74) is 6.22. The first-order chi connectivity index (χ1) is 6.63. The fourth-order valence-electron chi connectivity index (χ4n) is 0.853. The lowest BCUT2D eigenvalue weighted by molar-refractivity contribution is -0.132. The maximum atomic E-state index is 10.6. The molecule has 0 aliphatic carbocycles. The van der Waals surface area contributed by atoms with Gasteiger partial charge in [0.05, 0.1) is 0 Å². The highest BCUT2D eigenvalue weighted by Crippen LogP contribution is 2.18. The molecule has 1 aromatic heterocycles. The maximum absolute atomic E-state index is 10.6. The van der Waals surface area contributed by atoms with E-state index < -0.39 is 5.97 Å². The highest BCUT2D eigenvalue weighted by molar-refractivity contribution is 7.12. The molecule has 0 amide bonds. The minimum absolute atomic E-state index is 0.234. The molecule has 0 spiro atoms. The predicted molar refractivity (Wildman–Crippen MR) is 52.0 cm³/mol. The van der Waals surface area contributed by atoms with Gasteiger partial charge in [-0.05, 0) is 25.1 Å². The molecule has 2 N–H and O–H groups in total. The van der Waals surface area contributed by atoms with Gasteiger partial charge in [-0.2, -0.15) is 0 Å². The van der Waals surface area contributed by atoms with E-state index in [0.717, 1.165) is 9.75 Å². The first-order valence-electron chi connectivity index (χ1n) is 3.72. The van der Waals surface area contributed by atoms with E-state index in [2.05, 4.69) is 10.0 Å². The third-order valence-corrected chi connectivity index (χ3v) is 2.36. The molecule has 0 aliphatic heterocycles. The zero-order chi connectivity index (χ0) is 10.6. The first-order valence-corrected chi connectivity index (χ1v) is 4.54. The highest BCUT2D eigenvalue weighted by atomic mass is 32.1. The van der Waals surface area contributed by atoms with E-state index in [4.69, 9.17) is 10.6 Å². The van der Waals surface area contributed by atoms with Crippen molar-refractivity contribution in [3.63, 3.8) is 0 Å². The van der Waals surface area contributed by atoms with Crippen LogP contribution in [-0.2, 0) is 4.79 Å². The van der Waals surface area contributed by atoms with Gasteiger partial charge in [0.15, 0.2) is 5.11 Å². The fraction of sp³-hybridized carbons (Fsp3) is 0.125. The summed E-state index contributed by atoms with van der Waals surface area (Å²) in [6.45, 7) is 1.93. The standard InChI is InChI=1S/C8H7N3O2S/c1-5-2-3-6(14-5)4-7(8(12)13)10-11-9/h2-4,9H,1H3/p+1. The summed E-state index contributed by atoms with van der Waals surface area (Å²) in [7, 11) is 0. The molecule has 0 bridgehead atoms. The SMILES string of the molecule is Cc1ccc(C=C(N=[N+]=N)C(=O)O)s1. The molecule has 6 heteroatoms. The number of carbonyl (C=O) groups is 1. The van der Waals surface area contributed by atoms with Crippen LogP contribution in [0.4, 0.5) is 0 Å². The minimum atomic E-state index is -1.19. The normalized spacial score (nSPS) is 10.8. The Bertz CT molecular complexity index is 426. The Morgan fingerprint density at radius 3 is 2.86 bits per heavy atom. The van der Waals surface area contributed by atoms with Crippen LogP contribution in [0.5, 0.6) is 0 Å². The molecular formula is C8H8N3O2S+. The Morgan fingerprint density at radius 1 is 1.71 bits per heavy atom. The molecule has 1 rings (SSSR count). The molecule has 1 heterocycles. The second-order valence-corrected chi connectivity index (χ2v) is 3.80. The van der Waals surface area contributed by atoms with Crippen molar-refractivity contribution in [2.75, 3.05) is 0 Å². The number of hydrogen-bond donors (Lipinski definition) is 2. The van der Waals surface area contributed by atoms with Crippen molar-refractivity contribution >= 4 is 23.4 Å². The number of rotatable bonds is 3. The van der Waals surface area contributed by atoms with Crippen molar-refractivity contribution in [2.45, 2.75) is 6.92 Å². The Balaban J connectivity index is 3.04. The third kappa shape index (κ3) is 2.62. The molecule has 72 valence electrons. The second kappa shape index (κ2) is 4.45. The Labute approximate surface area is 83.9 Å². The molecule has 14 heavy (non-hydrogen) atoms. The van der Waals surface area contributed by atoms with Crippen molar-refractivity contribution in [1.29, 1.82) is 5.53 Å². The summed E-state index contributed by atoms with van der Waals surface area (Å²) in [6.07, 6.45) is 1.39. The predicted octanol–water partition coefficient (Wildman–Crippen LogP) is 2.03. The minimum Gasteiger partial charge on any atom is -0.476 e. The van der Waals surface area contributed by atoms with Crippen molar-refractivity contribution in [1.82, 2.24) is 4.91 Å². The van der Waals surface area contributed by atoms with Crippen LogP contribution >= 0.6 is 11.3 Å². The van der Waals surface area contributed by atoms with E-state index in [9.17, 15) is 4.79 Å². The lowest BCUT2D eigenvalue weighted by atomic mass is 10.3. The summed E-state index contributed by atoms with van der Waals surface area (Å²) < 4.78 is 0. The molecule has 0 aliphatic rings. The quantitative estimate of drug-likeness (QED) is 0.454. The lowest BCUT2D eigenvalue weighted by Crippen LogP contribution is -1.97. The number of hydrogen-bond acceptors (Lipinski definition) is 4. The average Bonchev–Trinajstić information content (AvgIpc) is 2.50. The number of nitrogens with one attached hydrogen (secondary N) is 1. The zero-order valence-electron chi connectivity index (χ0n) is 7.39. The van der Waals surface area contributed by atoms with Gasteiger partial charge in [-0.1, -0.05) is 0 Å². The van der Waals surface area contributed by atoms with Gasteiger partial charge in [-0.25, -0.2) is 4.79 Å². The molecule has 0 fully saturated rings. The van der Waals surface area contributed by atoms with Crippen LogP contribution in [0.1, 0.15) is 9.75 Å². The third-order valence-electron chi connectivity index (χ3n) is 1.42. The summed E-state index contributed by atoms with van der Waals surface area (Å²) in [4.78, 5) is 15.2. The van der Waals surface area contributed by atoms with Crippen LogP contribution in [0.15, 0.2) is 22.9 Å². The maximum Gasteiger partial charge on any atom is 0.362 e. The first kappa shape index (κ1) is 10.3. The van der Waals surface area contributed by atoms with E-state index in [1.54, 1.807) is 6.07 Å². The number of thiophene rings is 1. The number of carboxylic acids is 1. The van der Waals surface area contributed by atoms with Gasteiger partial charge in [-0.15, -0.1) is 11.3 Å². The molecule has 5 nitrogen and oxygen atoms in total. The molecule has 0 atom stereocenters. The van der Waals surface area contributed by atoms with Crippen LogP contribution in [0.25, 0.3) is 6.08 Å². The molecule has 0 unspecified atom stereocenters. The van der Waals surface area contributed by atoms with Gasteiger partial charge in [-0.3, -0.25) is 0 Å². The topological polar surface area (TPSA) is 87.6 Å². The van der Waals surface area contributed by atoms with E-state index in [1.165, 1.54) is 17.4 Å². The zero-order valence-corrected chi connectivity index (χ0v) is 8.21. The van der Waals surface area contributed by atoms with Gasteiger partial charge < -0.3 is 5.11 Å². The van der Waals surface area contributed by atoms with Gasteiger partial charge in [0, 0.05) is 9.75 Å². The van der Waals surface area contributed by atoms with E-state index >= 15 is 0 Å². The summed E-state index contributed by atoms with van der Waals surface area (Å²) in [6, 6.07) is 3.68. The number of aliphatic carboxylic acids is 1. The second-order valence-electron chi connectivity index (χ2n) is 2.48. The van der Waals surface area contributed by atoms with Gasteiger partial charge in [0.25, 0.3) is 0 Å². The molecule has 0 saturated heterocycles. The van der Waals surface area contributed by atoms with Gasteiger partial charge >= 0.3 is 5.97 Å². The molecular weight excluding hydrogens is 202 g/mol. The summed E-state index contributed by atoms with van der Waals surface area (Å²) in [5, 5.41) is 11.9. The van der Waals surface area contributed by atoms with Crippen molar-refractivity contribution in [3.05, 3.63) is 27.6 Å². The lowest BCUT2D eigenvalue weighted by Gasteiger charge is -1.84. The molecule has 0 saturated carbocycles. The highest BCUT2D eigenvalue weighted by Gasteiger charge is 2.11. The van der Waals surface area contributed by atoms with Gasteiger partial charge in [0.1, 0.15) is 5.53 Å². The molecule has 0 aromatic carbocycles. The number of carboxylic acid groups (broad SMARTS) is 1. The van der Waals surface area contributed by atoms with E-state index in [-0.39, 0.29) is 5.70 Å².